The summed E-state index contributed by atoms with van der Waals surface area (Å²) in [6.45, 7) is 0.415. The molecular formula is C15H20O5. The van der Waals surface area contributed by atoms with Gasteiger partial charge >= 0.3 is 0 Å². The molecule has 4 atom stereocenters. The predicted octanol–water partition coefficient (Wildman–Crippen LogP) is 0.305. The molecule has 1 fully saturated rings. The van der Waals surface area contributed by atoms with Gasteiger partial charge in [0.25, 0.3) is 0 Å². The number of aliphatic hydroxyl groups excluding tert-OH is 3. The molecule has 1 spiro atoms. The van der Waals surface area contributed by atoms with Gasteiger partial charge in [0.1, 0.15) is 6.10 Å². The molecule has 0 radical (unpaired) electrons. The topological polar surface area (TPSA) is 79.2 Å². The normalized spacial score (nSPS) is 36.9. The Bertz CT molecular complexity index is 477. The van der Waals surface area contributed by atoms with Crippen LogP contribution in [0.5, 0.6) is 0 Å². The molecule has 1 aromatic rings. The highest BCUT2D eigenvalue weighted by molar-refractivity contribution is 5.34. The second kappa shape index (κ2) is 5.42. The first-order valence-corrected chi connectivity index (χ1v) is 7.04. The Balaban J connectivity index is 2.01. The van der Waals surface area contributed by atoms with Crippen molar-refractivity contribution in [3.05, 3.63) is 35.4 Å². The van der Waals surface area contributed by atoms with Crippen LogP contribution in [0.4, 0.5) is 0 Å². The quantitative estimate of drug-likeness (QED) is 0.726. The molecule has 1 aromatic carbocycles. The minimum absolute atomic E-state index is 0.0226. The Hall–Kier alpha value is -0.980. The lowest BCUT2D eigenvalue weighted by Gasteiger charge is -2.48. The summed E-state index contributed by atoms with van der Waals surface area (Å²) in [5.74, 6) is -1.31. The molecule has 3 N–H and O–H groups in total. The molecule has 3 rings (SSSR count). The molecule has 20 heavy (non-hydrogen) atoms. The fraction of sp³-hybridized carbons (Fsp3) is 0.600. The summed E-state index contributed by atoms with van der Waals surface area (Å²) in [6.07, 6.45) is -0.907. The fourth-order valence-corrected chi connectivity index (χ4v) is 3.15. The van der Waals surface area contributed by atoms with Gasteiger partial charge in [-0.25, -0.2) is 0 Å². The van der Waals surface area contributed by atoms with Crippen LogP contribution in [0.25, 0.3) is 0 Å². The number of fused-ring (bicyclic) bond motifs is 2. The number of benzene rings is 1. The van der Waals surface area contributed by atoms with Gasteiger partial charge in [-0.05, 0) is 18.4 Å². The van der Waals surface area contributed by atoms with Gasteiger partial charge in [-0.2, -0.15) is 0 Å². The number of rotatable bonds is 2. The zero-order chi connectivity index (χ0) is 14.2. The van der Waals surface area contributed by atoms with Crippen molar-refractivity contribution in [1.29, 1.82) is 0 Å². The Morgan fingerprint density at radius 2 is 2.05 bits per heavy atom. The Kier molecular flexibility index (Phi) is 3.79. The maximum absolute atomic E-state index is 10.4. The third-order valence-corrected chi connectivity index (χ3v) is 4.13. The van der Waals surface area contributed by atoms with Gasteiger partial charge in [0, 0.05) is 18.6 Å². The van der Waals surface area contributed by atoms with Crippen molar-refractivity contribution in [2.24, 2.45) is 0 Å². The van der Waals surface area contributed by atoms with Crippen molar-refractivity contribution in [1.82, 2.24) is 0 Å². The molecule has 0 aliphatic carbocycles. The fourth-order valence-electron chi connectivity index (χ4n) is 3.15. The van der Waals surface area contributed by atoms with E-state index in [2.05, 4.69) is 0 Å². The van der Waals surface area contributed by atoms with E-state index in [4.69, 9.17) is 14.6 Å². The largest absolute Gasteiger partial charge is 0.396 e. The van der Waals surface area contributed by atoms with Crippen LogP contribution in [0.3, 0.4) is 0 Å². The van der Waals surface area contributed by atoms with E-state index in [1.165, 1.54) is 0 Å². The lowest BCUT2D eigenvalue weighted by Crippen LogP contribution is -2.59. The molecule has 5 nitrogen and oxygen atoms in total. The number of aliphatic hydroxyl groups is 3. The third-order valence-electron chi connectivity index (χ3n) is 4.13. The van der Waals surface area contributed by atoms with E-state index in [-0.39, 0.29) is 12.7 Å². The molecule has 2 heterocycles. The highest BCUT2D eigenvalue weighted by Gasteiger charge is 2.53. The Labute approximate surface area is 117 Å². The van der Waals surface area contributed by atoms with E-state index in [1.54, 1.807) is 0 Å². The van der Waals surface area contributed by atoms with E-state index in [1.807, 2.05) is 24.3 Å². The third kappa shape index (κ3) is 2.16. The summed E-state index contributed by atoms with van der Waals surface area (Å²) < 4.78 is 11.8. The summed E-state index contributed by atoms with van der Waals surface area (Å²) >= 11 is 0. The molecule has 110 valence electrons. The van der Waals surface area contributed by atoms with Crippen LogP contribution in [0.1, 0.15) is 24.0 Å². The van der Waals surface area contributed by atoms with E-state index in [0.717, 1.165) is 17.5 Å². The number of hydrogen-bond acceptors (Lipinski definition) is 5. The van der Waals surface area contributed by atoms with Crippen LogP contribution in [0, 0.1) is 0 Å². The van der Waals surface area contributed by atoms with Gasteiger partial charge in [0.15, 0.2) is 0 Å². The van der Waals surface area contributed by atoms with Gasteiger partial charge in [-0.15, -0.1) is 0 Å². The zero-order valence-electron chi connectivity index (χ0n) is 11.2. The minimum atomic E-state index is -1.31. The molecule has 0 bridgehead atoms. The van der Waals surface area contributed by atoms with Gasteiger partial charge in [0.2, 0.25) is 5.79 Å². The monoisotopic (exact) mass is 280 g/mol. The summed E-state index contributed by atoms with van der Waals surface area (Å²) in [5.41, 5.74) is 1.84. The van der Waals surface area contributed by atoms with Crippen molar-refractivity contribution >= 4 is 0 Å². The SMILES string of the molecule is OCC[C@@H]1C[C@@H](O)[C@H](O)[C@]2(OCCc3ccccc32)O1. The average molecular weight is 280 g/mol. The van der Waals surface area contributed by atoms with Crippen molar-refractivity contribution in [3.8, 4) is 0 Å². The second-order valence-corrected chi connectivity index (χ2v) is 5.42. The molecule has 0 saturated carbocycles. The molecule has 1 saturated heterocycles. The van der Waals surface area contributed by atoms with Gasteiger partial charge in [-0.3, -0.25) is 0 Å². The van der Waals surface area contributed by atoms with Crippen LogP contribution in [0.2, 0.25) is 0 Å². The molecule has 0 aromatic heterocycles. The van der Waals surface area contributed by atoms with Gasteiger partial charge in [0.05, 0.1) is 18.8 Å². The van der Waals surface area contributed by atoms with E-state index in [9.17, 15) is 10.2 Å². The maximum Gasteiger partial charge on any atom is 0.225 e. The number of ether oxygens (including phenoxy) is 2. The maximum atomic E-state index is 10.4. The first-order chi connectivity index (χ1) is 9.67. The summed E-state index contributed by atoms with van der Waals surface area (Å²) in [6, 6.07) is 7.66. The van der Waals surface area contributed by atoms with E-state index in [0.29, 0.717) is 19.4 Å². The lowest BCUT2D eigenvalue weighted by atomic mass is 9.84. The van der Waals surface area contributed by atoms with Crippen molar-refractivity contribution in [3.63, 3.8) is 0 Å². The molecule has 2 aliphatic rings. The molecule has 0 unspecified atom stereocenters. The molecular weight excluding hydrogens is 260 g/mol. The first kappa shape index (κ1) is 14.0. The van der Waals surface area contributed by atoms with Crippen LogP contribution in [0.15, 0.2) is 24.3 Å². The summed E-state index contributed by atoms with van der Waals surface area (Å²) in [7, 11) is 0. The summed E-state index contributed by atoms with van der Waals surface area (Å²) in [5, 5.41) is 29.6. The van der Waals surface area contributed by atoms with Gasteiger partial charge in [-0.1, -0.05) is 24.3 Å². The lowest BCUT2D eigenvalue weighted by molar-refractivity contribution is -0.355. The number of hydrogen-bond donors (Lipinski definition) is 3. The Morgan fingerprint density at radius 1 is 1.25 bits per heavy atom. The van der Waals surface area contributed by atoms with Crippen LogP contribution < -0.4 is 0 Å². The van der Waals surface area contributed by atoms with E-state index >= 15 is 0 Å². The molecule has 2 aliphatic heterocycles. The average Bonchev–Trinajstić information content (AvgIpc) is 2.45. The van der Waals surface area contributed by atoms with Crippen LogP contribution >= 0.6 is 0 Å². The standard InChI is InChI=1S/C15H20O5/c16-7-5-11-9-13(17)14(18)15(20-11)12-4-2-1-3-10(12)6-8-19-15/h1-4,11,13-14,16-18H,5-9H2/t11-,13-,14+,15-/m1/s1. The minimum Gasteiger partial charge on any atom is -0.396 e. The molecule has 5 heteroatoms. The van der Waals surface area contributed by atoms with Crippen molar-refractivity contribution in [2.75, 3.05) is 13.2 Å². The first-order valence-electron chi connectivity index (χ1n) is 7.04. The van der Waals surface area contributed by atoms with Crippen LogP contribution in [-0.4, -0.2) is 46.8 Å². The van der Waals surface area contributed by atoms with Crippen molar-refractivity contribution < 1.29 is 24.8 Å². The highest BCUT2D eigenvalue weighted by Crippen LogP contribution is 2.43. The van der Waals surface area contributed by atoms with Gasteiger partial charge < -0.3 is 24.8 Å². The van der Waals surface area contributed by atoms with E-state index < -0.39 is 18.0 Å². The van der Waals surface area contributed by atoms with Crippen LogP contribution in [-0.2, 0) is 21.7 Å². The van der Waals surface area contributed by atoms with Crippen molar-refractivity contribution in [2.45, 2.75) is 43.4 Å². The second-order valence-electron chi connectivity index (χ2n) is 5.42. The highest BCUT2D eigenvalue weighted by atomic mass is 16.7. The summed E-state index contributed by atoms with van der Waals surface area (Å²) in [4.78, 5) is 0. The predicted molar refractivity (Wildman–Crippen MR) is 71.0 cm³/mol. The smallest absolute Gasteiger partial charge is 0.225 e. The Morgan fingerprint density at radius 3 is 2.85 bits per heavy atom. The zero-order valence-corrected chi connectivity index (χ0v) is 11.2. The molecule has 0 amide bonds.